The summed E-state index contributed by atoms with van der Waals surface area (Å²) in [6.07, 6.45) is 0. The first-order valence-corrected chi connectivity index (χ1v) is 6.84. The van der Waals surface area contributed by atoms with E-state index in [0.717, 1.165) is 22.5 Å². The van der Waals surface area contributed by atoms with Gasteiger partial charge in [0, 0.05) is 18.3 Å². The fourth-order valence-electron chi connectivity index (χ4n) is 2.41. The van der Waals surface area contributed by atoms with E-state index in [4.69, 9.17) is 23.2 Å². The van der Waals surface area contributed by atoms with E-state index in [1.807, 2.05) is 37.8 Å². The molecule has 0 saturated heterocycles. The van der Waals surface area contributed by atoms with E-state index in [1.165, 1.54) is 0 Å². The minimum Gasteiger partial charge on any atom is -0.309 e. The molecular formula is C14H17Cl2N3. The lowest BCUT2D eigenvalue weighted by atomic mass is 9.97. The lowest BCUT2D eigenvalue weighted by Crippen LogP contribution is -2.19. The summed E-state index contributed by atoms with van der Waals surface area (Å²) in [5.74, 6) is 0. The standard InChI is InChI=1S/C14H17Cl2N3/c1-8-12(9(2)19(4)18-8)14(17-3)10-6-5-7-11(15)13(10)16/h5-7,14,17H,1-4H3. The minimum atomic E-state index is -0.0140. The first-order valence-electron chi connectivity index (χ1n) is 6.08. The van der Waals surface area contributed by atoms with Gasteiger partial charge in [-0.15, -0.1) is 0 Å². The fraction of sp³-hybridized carbons (Fsp3) is 0.357. The second-order valence-corrected chi connectivity index (χ2v) is 5.36. The largest absolute Gasteiger partial charge is 0.309 e. The number of rotatable bonds is 3. The van der Waals surface area contributed by atoms with Crippen molar-refractivity contribution in [3.8, 4) is 0 Å². The molecule has 1 aromatic heterocycles. The molecule has 0 fully saturated rings. The second kappa shape index (κ2) is 5.53. The van der Waals surface area contributed by atoms with Gasteiger partial charge in [-0.05, 0) is 32.5 Å². The van der Waals surface area contributed by atoms with Crippen LogP contribution in [0.1, 0.15) is 28.6 Å². The lowest BCUT2D eigenvalue weighted by molar-refractivity contribution is 0.678. The number of halogens is 2. The zero-order valence-corrected chi connectivity index (χ0v) is 13.0. The number of benzene rings is 1. The quantitative estimate of drug-likeness (QED) is 0.937. The molecule has 1 unspecified atom stereocenters. The van der Waals surface area contributed by atoms with Gasteiger partial charge in [-0.2, -0.15) is 5.10 Å². The summed E-state index contributed by atoms with van der Waals surface area (Å²) in [5.41, 5.74) is 4.23. The zero-order valence-electron chi connectivity index (χ0n) is 11.5. The first kappa shape index (κ1) is 14.4. The predicted molar refractivity (Wildman–Crippen MR) is 80.0 cm³/mol. The Kier molecular flexibility index (Phi) is 4.19. The highest BCUT2D eigenvalue weighted by Crippen LogP contribution is 2.35. The Bertz CT molecular complexity index is 605. The SMILES string of the molecule is CNC(c1cccc(Cl)c1Cl)c1c(C)nn(C)c1C. The number of aromatic nitrogens is 2. The van der Waals surface area contributed by atoms with Gasteiger partial charge in [0.1, 0.15) is 0 Å². The van der Waals surface area contributed by atoms with Crippen LogP contribution in [0.25, 0.3) is 0 Å². The van der Waals surface area contributed by atoms with E-state index in [1.54, 1.807) is 6.07 Å². The fourth-order valence-corrected chi connectivity index (χ4v) is 2.82. The third kappa shape index (κ3) is 2.50. The van der Waals surface area contributed by atoms with Crippen molar-refractivity contribution in [3.63, 3.8) is 0 Å². The number of hydrogen-bond donors (Lipinski definition) is 1. The van der Waals surface area contributed by atoms with Gasteiger partial charge in [-0.1, -0.05) is 35.3 Å². The Labute approximate surface area is 123 Å². The molecule has 0 aliphatic rings. The van der Waals surface area contributed by atoms with Crippen molar-refractivity contribution in [2.75, 3.05) is 7.05 Å². The monoisotopic (exact) mass is 297 g/mol. The van der Waals surface area contributed by atoms with Gasteiger partial charge >= 0.3 is 0 Å². The van der Waals surface area contributed by atoms with Crippen molar-refractivity contribution in [2.45, 2.75) is 19.9 Å². The van der Waals surface area contributed by atoms with E-state index >= 15 is 0 Å². The summed E-state index contributed by atoms with van der Waals surface area (Å²) in [5, 5.41) is 8.92. The van der Waals surface area contributed by atoms with E-state index in [2.05, 4.69) is 17.3 Å². The van der Waals surface area contributed by atoms with Crippen molar-refractivity contribution < 1.29 is 0 Å². The second-order valence-electron chi connectivity index (χ2n) is 4.57. The number of hydrogen-bond acceptors (Lipinski definition) is 2. The van der Waals surface area contributed by atoms with Crippen LogP contribution in [0, 0.1) is 13.8 Å². The third-order valence-corrected chi connectivity index (χ3v) is 4.27. The van der Waals surface area contributed by atoms with E-state index in [-0.39, 0.29) is 6.04 Å². The van der Waals surface area contributed by atoms with E-state index in [9.17, 15) is 0 Å². The highest BCUT2D eigenvalue weighted by atomic mass is 35.5. The maximum atomic E-state index is 6.33. The maximum absolute atomic E-state index is 6.33. The summed E-state index contributed by atoms with van der Waals surface area (Å²) >= 11 is 12.4. The van der Waals surface area contributed by atoms with Gasteiger partial charge in [-0.25, -0.2) is 0 Å². The molecule has 0 spiro atoms. The summed E-state index contributed by atoms with van der Waals surface area (Å²) < 4.78 is 1.88. The number of nitrogens with zero attached hydrogens (tertiary/aromatic N) is 2. The normalized spacial score (nSPS) is 12.7. The Morgan fingerprint density at radius 1 is 1.26 bits per heavy atom. The molecule has 2 rings (SSSR count). The van der Waals surface area contributed by atoms with Crippen molar-refractivity contribution >= 4 is 23.2 Å². The molecule has 19 heavy (non-hydrogen) atoms. The summed E-state index contributed by atoms with van der Waals surface area (Å²) in [4.78, 5) is 0. The van der Waals surface area contributed by atoms with Crippen LogP contribution in [0.15, 0.2) is 18.2 Å². The van der Waals surface area contributed by atoms with Crippen LogP contribution in [0.5, 0.6) is 0 Å². The molecule has 0 radical (unpaired) electrons. The minimum absolute atomic E-state index is 0.0140. The van der Waals surface area contributed by atoms with Crippen LogP contribution < -0.4 is 5.32 Å². The van der Waals surface area contributed by atoms with Gasteiger partial charge in [0.05, 0.1) is 21.8 Å². The Balaban J connectivity index is 2.60. The molecule has 1 heterocycles. The van der Waals surface area contributed by atoms with Crippen molar-refractivity contribution in [3.05, 3.63) is 50.8 Å². The molecular weight excluding hydrogens is 281 g/mol. The van der Waals surface area contributed by atoms with Gasteiger partial charge in [0.25, 0.3) is 0 Å². The molecule has 3 nitrogen and oxygen atoms in total. The van der Waals surface area contributed by atoms with Crippen LogP contribution in [0.2, 0.25) is 10.0 Å². The average molecular weight is 298 g/mol. The molecule has 0 aliphatic heterocycles. The van der Waals surface area contributed by atoms with Crippen LogP contribution in [0.3, 0.4) is 0 Å². The van der Waals surface area contributed by atoms with Crippen LogP contribution in [-0.4, -0.2) is 16.8 Å². The molecule has 2 aromatic rings. The Morgan fingerprint density at radius 3 is 2.47 bits per heavy atom. The predicted octanol–water partition coefficient (Wildman–Crippen LogP) is 3.65. The van der Waals surface area contributed by atoms with Gasteiger partial charge < -0.3 is 5.32 Å². The van der Waals surface area contributed by atoms with Crippen molar-refractivity contribution in [1.82, 2.24) is 15.1 Å². The highest BCUT2D eigenvalue weighted by molar-refractivity contribution is 6.42. The van der Waals surface area contributed by atoms with E-state index in [0.29, 0.717) is 10.0 Å². The third-order valence-electron chi connectivity index (χ3n) is 3.43. The van der Waals surface area contributed by atoms with Gasteiger partial charge in [0.15, 0.2) is 0 Å². The molecule has 102 valence electrons. The molecule has 1 atom stereocenters. The average Bonchev–Trinajstić information content (AvgIpc) is 2.62. The first-order chi connectivity index (χ1) is 8.97. The molecule has 5 heteroatoms. The number of nitrogens with one attached hydrogen (secondary N) is 1. The highest BCUT2D eigenvalue weighted by Gasteiger charge is 2.23. The Morgan fingerprint density at radius 2 is 1.95 bits per heavy atom. The van der Waals surface area contributed by atoms with Gasteiger partial charge in [-0.3, -0.25) is 4.68 Å². The van der Waals surface area contributed by atoms with Crippen LogP contribution in [-0.2, 0) is 7.05 Å². The lowest BCUT2D eigenvalue weighted by Gasteiger charge is -2.19. The molecule has 1 N–H and O–H groups in total. The molecule has 0 amide bonds. The molecule has 0 aliphatic carbocycles. The van der Waals surface area contributed by atoms with Crippen molar-refractivity contribution in [1.29, 1.82) is 0 Å². The van der Waals surface area contributed by atoms with Crippen LogP contribution in [0.4, 0.5) is 0 Å². The number of aryl methyl sites for hydroxylation is 2. The summed E-state index contributed by atoms with van der Waals surface area (Å²) in [6, 6.07) is 5.68. The van der Waals surface area contributed by atoms with E-state index < -0.39 is 0 Å². The summed E-state index contributed by atoms with van der Waals surface area (Å²) in [6.45, 7) is 4.06. The Hall–Kier alpha value is -1.03. The molecule has 0 saturated carbocycles. The zero-order chi connectivity index (χ0) is 14.2. The summed E-state index contributed by atoms with van der Waals surface area (Å²) in [7, 11) is 3.85. The topological polar surface area (TPSA) is 29.9 Å². The molecule has 1 aromatic carbocycles. The van der Waals surface area contributed by atoms with Crippen molar-refractivity contribution in [2.24, 2.45) is 7.05 Å². The molecule has 0 bridgehead atoms. The van der Waals surface area contributed by atoms with Crippen LogP contribution >= 0.6 is 23.2 Å². The van der Waals surface area contributed by atoms with Gasteiger partial charge in [0.2, 0.25) is 0 Å². The smallest absolute Gasteiger partial charge is 0.0647 e. The maximum Gasteiger partial charge on any atom is 0.0647 e.